The highest BCUT2D eigenvalue weighted by Gasteiger charge is 2.36. The highest BCUT2D eigenvalue weighted by atomic mass is 32.2. The Bertz CT molecular complexity index is 523. The van der Waals surface area contributed by atoms with Crippen LogP contribution in [0, 0.1) is 0 Å². The average Bonchev–Trinajstić information content (AvgIpc) is 2.25. The van der Waals surface area contributed by atoms with E-state index in [0.717, 1.165) is 6.20 Å². The fourth-order valence-corrected chi connectivity index (χ4v) is 2.79. The summed E-state index contributed by atoms with van der Waals surface area (Å²) in [6.45, 7) is 3.03. The summed E-state index contributed by atoms with van der Waals surface area (Å²) in [5, 5.41) is 9.03. The van der Waals surface area contributed by atoms with E-state index in [2.05, 4.69) is 22.3 Å². The minimum absolute atomic E-state index is 0.0890. The van der Waals surface area contributed by atoms with Crippen molar-refractivity contribution in [2.45, 2.75) is 29.5 Å². The Kier molecular flexibility index (Phi) is 4.36. The topological polar surface area (TPSA) is 96.4 Å². The first kappa shape index (κ1) is 14.9. The highest BCUT2D eigenvalue weighted by Crippen LogP contribution is 2.20. The summed E-state index contributed by atoms with van der Waals surface area (Å²) in [7, 11) is -3.93. The highest BCUT2D eigenvalue weighted by molar-refractivity contribution is 7.89. The van der Waals surface area contributed by atoms with Gasteiger partial charge in [-0.2, -0.15) is 17.4 Å². The van der Waals surface area contributed by atoms with Crippen LogP contribution in [0.4, 0.5) is 0 Å². The molecule has 1 heterocycles. The molecule has 0 unspecified atom stereocenters. The van der Waals surface area contributed by atoms with E-state index in [9.17, 15) is 13.2 Å². The van der Waals surface area contributed by atoms with E-state index in [4.69, 9.17) is 5.11 Å². The molecule has 0 aliphatic heterocycles. The SMILES string of the molecule is CC(C)(S)[C@H](NS(=O)(=O)c1cccnc1)C(=O)O. The lowest BCUT2D eigenvalue weighted by Crippen LogP contribution is -2.51. The molecule has 0 aliphatic carbocycles. The van der Waals surface area contributed by atoms with Crippen molar-refractivity contribution in [1.29, 1.82) is 0 Å². The van der Waals surface area contributed by atoms with Crippen LogP contribution in [0.5, 0.6) is 0 Å². The number of rotatable bonds is 5. The van der Waals surface area contributed by atoms with Crippen LogP contribution in [0.1, 0.15) is 13.8 Å². The van der Waals surface area contributed by atoms with E-state index in [1.807, 2.05) is 0 Å². The lowest BCUT2D eigenvalue weighted by atomic mass is 10.1. The van der Waals surface area contributed by atoms with Gasteiger partial charge in [0.2, 0.25) is 10.0 Å². The van der Waals surface area contributed by atoms with Gasteiger partial charge in [-0.1, -0.05) is 0 Å². The van der Waals surface area contributed by atoms with E-state index in [-0.39, 0.29) is 4.90 Å². The second-order valence-corrected chi connectivity index (χ2v) is 7.10. The van der Waals surface area contributed by atoms with Crippen molar-refractivity contribution in [3.8, 4) is 0 Å². The largest absolute Gasteiger partial charge is 0.480 e. The van der Waals surface area contributed by atoms with Crippen LogP contribution < -0.4 is 4.72 Å². The number of aromatic nitrogens is 1. The summed E-state index contributed by atoms with van der Waals surface area (Å²) >= 11 is 4.09. The molecule has 0 amide bonds. The predicted octanol–water partition coefficient (Wildman–Crippen LogP) is 0.521. The molecule has 0 radical (unpaired) electrons. The van der Waals surface area contributed by atoms with E-state index in [1.54, 1.807) is 0 Å². The first-order chi connectivity index (χ1) is 8.14. The Morgan fingerprint density at radius 3 is 2.56 bits per heavy atom. The maximum absolute atomic E-state index is 11.9. The Morgan fingerprint density at radius 1 is 1.56 bits per heavy atom. The Balaban J connectivity index is 3.06. The molecule has 0 saturated heterocycles. The zero-order chi connectivity index (χ0) is 14.0. The van der Waals surface area contributed by atoms with Crippen LogP contribution in [0.2, 0.25) is 0 Å². The molecule has 8 heteroatoms. The van der Waals surface area contributed by atoms with Crippen molar-refractivity contribution in [1.82, 2.24) is 9.71 Å². The number of thiol groups is 1. The molecule has 0 bridgehead atoms. The van der Waals surface area contributed by atoms with Crippen molar-refractivity contribution in [2.24, 2.45) is 0 Å². The Labute approximate surface area is 111 Å². The molecule has 0 saturated carbocycles. The first-order valence-electron chi connectivity index (χ1n) is 5.02. The number of nitrogens with zero attached hydrogens (tertiary/aromatic N) is 1. The molecule has 1 aromatic rings. The number of hydrogen-bond acceptors (Lipinski definition) is 5. The van der Waals surface area contributed by atoms with Gasteiger partial charge in [0.25, 0.3) is 0 Å². The van der Waals surface area contributed by atoms with Gasteiger partial charge in [0.05, 0.1) is 0 Å². The maximum Gasteiger partial charge on any atom is 0.323 e. The summed E-state index contributed by atoms with van der Waals surface area (Å²) in [5.74, 6) is -1.29. The Morgan fingerprint density at radius 2 is 2.17 bits per heavy atom. The summed E-state index contributed by atoms with van der Waals surface area (Å²) in [5.41, 5.74) is 0. The molecule has 1 rings (SSSR count). The van der Waals surface area contributed by atoms with Crippen LogP contribution in [0.25, 0.3) is 0 Å². The smallest absolute Gasteiger partial charge is 0.323 e. The van der Waals surface area contributed by atoms with Gasteiger partial charge in [-0.05, 0) is 26.0 Å². The van der Waals surface area contributed by atoms with Gasteiger partial charge < -0.3 is 5.11 Å². The molecule has 18 heavy (non-hydrogen) atoms. The molecule has 0 spiro atoms. The molecule has 0 fully saturated rings. The number of carbonyl (C=O) groups is 1. The number of carboxylic acids is 1. The monoisotopic (exact) mass is 290 g/mol. The van der Waals surface area contributed by atoms with Crippen LogP contribution >= 0.6 is 12.6 Å². The number of hydrogen-bond donors (Lipinski definition) is 3. The summed E-state index contributed by atoms with van der Waals surface area (Å²) in [4.78, 5) is 14.7. The number of carboxylic acid groups (broad SMARTS) is 1. The minimum atomic E-state index is -3.93. The van der Waals surface area contributed by atoms with Crippen molar-refractivity contribution < 1.29 is 18.3 Å². The van der Waals surface area contributed by atoms with Gasteiger partial charge in [-0.25, -0.2) is 8.42 Å². The molecule has 0 aliphatic rings. The third-order valence-corrected chi connectivity index (χ3v) is 3.84. The van der Waals surface area contributed by atoms with Crippen LogP contribution in [0.3, 0.4) is 0 Å². The zero-order valence-electron chi connectivity index (χ0n) is 9.86. The van der Waals surface area contributed by atoms with Crippen molar-refractivity contribution in [3.63, 3.8) is 0 Å². The quantitative estimate of drug-likeness (QED) is 0.687. The molecular weight excluding hydrogens is 276 g/mol. The van der Waals surface area contributed by atoms with Crippen molar-refractivity contribution in [3.05, 3.63) is 24.5 Å². The van der Waals surface area contributed by atoms with Crippen LogP contribution in [-0.2, 0) is 14.8 Å². The second kappa shape index (κ2) is 5.25. The van der Waals surface area contributed by atoms with Gasteiger partial charge in [0, 0.05) is 17.1 Å². The van der Waals surface area contributed by atoms with Gasteiger partial charge in [0.15, 0.2) is 0 Å². The van der Waals surface area contributed by atoms with Gasteiger partial charge in [0.1, 0.15) is 10.9 Å². The summed E-state index contributed by atoms with van der Waals surface area (Å²) < 4.78 is 25.0. The minimum Gasteiger partial charge on any atom is -0.480 e. The number of pyridine rings is 1. The van der Waals surface area contributed by atoms with Crippen LogP contribution in [0.15, 0.2) is 29.4 Å². The molecular formula is C10H14N2O4S2. The average molecular weight is 290 g/mol. The zero-order valence-corrected chi connectivity index (χ0v) is 11.6. The molecule has 1 atom stereocenters. The fourth-order valence-electron chi connectivity index (χ4n) is 1.23. The van der Waals surface area contributed by atoms with E-state index < -0.39 is 26.8 Å². The molecule has 0 aromatic carbocycles. The third-order valence-electron chi connectivity index (χ3n) is 2.17. The van der Waals surface area contributed by atoms with Gasteiger partial charge >= 0.3 is 5.97 Å². The fraction of sp³-hybridized carbons (Fsp3) is 0.400. The van der Waals surface area contributed by atoms with E-state index >= 15 is 0 Å². The number of aliphatic carboxylic acids is 1. The molecule has 100 valence electrons. The summed E-state index contributed by atoms with van der Waals surface area (Å²) in [6.07, 6.45) is 2.57. The van der Waals surface area contributed by atoms with Crippen molar-refractivity contribution >= 4 is 28.6 Å². The second-order valence-electron chi connectivity index (χ2n) is 4.23. The normalized spacial score (nSPS) is 14.2. The predicted molar refractivity (Wildman–Crippen MR) is 69.0 cm³/mol. The van der Waals surface area contributed by atoms with Crippen LogP contribution in [-0.4, -0.2) is 35.3 Å². The standard InChI is InChI=1S/C10H14N2O4S2/c1-10(2,17)8(9(13)14)12-18(15,16)7-4-3-5-11-6-7/h3-6,8,12,17H,1-2H3,(H,13,14)/t8-/m1/s1. The molecule has 1 aromatic heterocycles. The molecule has 2 N–H and O–H groups in total. The number of sulfonamides is 1. The first-order valence-corrected chi connectivity index (χ1v) is 6.95. The third kappa shape index (κ3) is 3.69. The van der Waals surface area contributed by atoms with Gasteiger partial charge in [-0.3, -0.25) is 9.78 Å². The summed E-state index contributed by atoms with van der Waals surface area (Å²) in [6, 6.07) is 1.45. The maximum atomic E-state index is 11.9. The van der Waals surface area contributed by atoms with E-state index in [1.165, 1.54) is 32.2 Å². The number of nitrogens with one attached hydrogen (secondary N) is 1. The lowest BCUT2D eigenvalue weighted by Gasteiger charge is -2.26. The lowest BCUT2D eigenvalue weighted by molar-refractivity contribution is -0.139. The molecule has 6 nitrogen and oxygen atoms in total. The Hall–Kier alpha value is -1.12. The van der Waals surface area contributed by atoms with Gasteiger partial charge in [-0.15, -0.1) is 0 Å². The van der Waals surface area contributed by atoms with E-state index in [0.29, 0.717) is 0 Å². The van der Waals surface area contributed by atoms with Crippen molar-refractivity contribution in [2.75, 3.05) is 0 Å².